The number of likely N-dealkylation sites (N-methyl/N-ethyl adjacent to an activating group) is 1. The maximum absolute atomic E-state index is 2.60. The van der Waals surface area contributed by atoms with Gasteiger partial charge in [-0.15, -0.1) is 11.3 Å². The predicted molar refractivity (Wildman–Crippen MR) is 96.4 cm³/mol. The molecule has 0 unspecified atom stereocenters. The summed E-state index contributed by atoms with van der Waals surface area (Å²) < 4.78 is 0. The first-order valence-electron chi connectivity index (χ1n) is 8.42. The number of thiophene rings is 1. The van der Waals surface area contributed by atoms with Crippen molar-refractivity contribution in [1.82, 2.24) is 9.80 Å². The van der Waals surface area contributed by atoms with Gasteiger partial charge < -0.3 is 4.90 Å². The molecule has 0 bridgehead atoms. The Kier molecular flexibility index (Phi) is 5.65. The molecule has 1 saturated heterocycles. The van der Waals surface area contributed by atoms with Gasteiger partial charge in [0, 0.05) is 24.5 Å². The molecular weight excluding hydrogens is 288 g/mol. The van der Waals surface area contributed by atoms with Crippen molar-refractivity contribution >= 4 is 11.3 Å². The van der Waals surface area contributed by atoms with Crippen molar-refractivity contribution in [3.05, 3.63) is 47.3 Å². The predicted octanol–water partition coefficient (Wildman–Crippen LogP) is 4.33. The van der Waals surface area contributed by atoms with Crippen molar-refractivity contribution in [2.75, 3.05) is 32.7 Å². The minimum absolute atomic E-state index is 1.06. The summed E-state index contributed by atoms with van der Waals surface area (Å²) in [5.41, 5.74) is 2.75. The van der Waals surface area contributed by atoms with Gasteiger partial charge in [-0.2, -0.15) is 0 Å². The highest BCUT2D eigenvalue weighted by Gasteiger charge is 2.12. The topological polar surface area (TPSA) is 6.48 Å². The van der Waals surface area contributed by atoms with Crippen LogP contribution >= 0.6 is 11.3 Å². The van der Waals surface area contributed by atoms with Gasteiger partial charge in [-0.25, -0.2) is 0 Å². The Morgan fingerprint density at radius 3 is 2.50 bits per heavy atom. The molecule has 2 heterocycles. The van der Waals surface area contributed by atoms with Crippen LogP contribution in [0.3, 0.4) is 0 Å². The molecule has 0 N–H and O–H groups in total. The summed E-state index contributed by atoms with van der Waals surface area (Å²) in [4.78, 5) is 6.51. The molecule has 1 aliphatic rings. The van der Waals surface area contributed by atoms with Gasteiger partial charge in [0.25, 0.3) is 0 Å². The number of hydrogen-bond donors (Lipinski definition) is 0. The molecule has 0 spiro atoms. The Morgan fingerprint density at radius 1 is 1.09 bits per heavy atom. The standard InChI is InChI=1S/C19H26N2S/c1-2-20(13-14-21-11-3-4-12-21)16-17-7-9-18(10-8-17)19-6-5-15-22-19/h5-10,15H,2-4,11-14,16H2,1H3. The lowest BCUT2D eigenvalue weighted by atomic mass is 10.1. The van der Waals surface area contributed by atoms with E-state index < -0.39 is 0 Å². The second kappa shape index (κ2) is 7.91. The average molecular weight is 314 g/mol. The fraction of sp³-hybridized carbons (Fsp3) is 0.474. The first kappa shape index (κ1) is 15.7. The largest absolute Gasteiger partial charge is 0.302 e. The summed E-state index contributed by atoms with van der Waals surface area (Å²) in [7, 11) is 0. The highest BCUT2D eigenvalue weighted by molar-refractivity contribution is 7.13. The van der Waals surface area contributed by atoms with E-state index in [1.54, 1.807) is 11.3 Å². The van der Waals surface area contributed by atoms with Crippen LogP contribution in [0.15, 0.2) is 41.8 Å². The van der Waals surface area contributed by atoms with Crippen LogP contribution in [0, 0.1) is 0 Å². The molecule has 0 amide bonds. The summed E-state index contributed by atoms with van der Waals surface area (Å²) in [6, 6.07) is 13.4. The molecule has 0 atom stereocenters. The average Bonchev–Trinajstić information content (AvgIpc) is 3.25. The van der Waals surface area contributed by atoms with E-state index in [0.29, 0.717) is 0 Å². The summed E-state index contributed by atoms with van der Waals surface area (Å²) in [6.45, 7) is 9.46. The first-order chi connectivity index (χ1) is 10.8. The monoisotopic (exact) mass is 314 g/mol. The summed E-state index contributed by atoms with van der Waals surface area (Å²) in [5, 5.41) is 2.14. The number of benzene rings is 1. The normalized spacial score (nSPS) is 15.7. The molecule has 118 valence electrons. The van der Waals surface area contributed by atoms with Crippen LogP contribution in [0.4, 0.5) is 0 Å². The van der Waals surface area contributed by atoms with E-state index in [2.05, 4.69) is 58.5 Å². The number of nitrogens with zero attached hydrogens (tertiary/aromatic N) is 2. The van der Waals surface area contributed by atoms with Gasteiger partial charge in [0.15, 0.2) is 0 Å². The Balaban J connectivity index is 1.54. The van der Waals surface area contributed by atoms with Crippen molar-refractivity contribution in [2.24, 2.45) is 0 Å². The van der Waals surface area contributed by atoms with Crippen molar-refractivity contribution in [3.8, 4) is 10.4 Å². The van der Waals surface area contributed by atoms with Crippen LogP contribution in [-0.2, 0) is 6.54 Å². The molecule has 1 aromatic carbocycles. The Hall–Kier alpha value is -1.16. The third-order valence-electron chi connectivity index (χ3n) is 4.54. The van der Waals surface area contributed by atoms with Gasteiger partial charge >= 0.3 is 0 Å². The van der Waals surface area contributed by atoms with E-state index in [1.165, 1.54) is 55.0 Å². The van der Waals surface area contributed by atoms with E-state index in [-0.39, 0.29) is 0 Å². The fourth-order valence-electron chi connectivity index (χ4n) is 3.11. The lowest BCUT2D eigenvalue weighted by molar-refractivity contribution is 0.227. The molecule has 3 heteroatoms. The lowest BCUT2D eigenvalue weighted by Gasteiger charge is -2.24. The Morgan fingerprint density at radius 2 is 1.86 bits per heavy atom. The molecule has 2 aromatic rings. The van der Waals surface area contributed by atoms with E-state index in [9.17, 15) is 0 Å². The van der Waals surface area contributed by atoms with Crippen molar-refractivity contribution < 1.29 is 0 Å². The third-order valence-corrected chi connectivity index (χ3v) is 5.46. The number of rotatable bonds is 7. The van der Waals surface area contributed by atoms with E-state index in [0.717, 1.165) is 13.1 Å². The zero-order valence-corrected chi connectivity index (χ0v) is 14.3. The molecule has 0 saturated carbocycles. The van der Waals surface area contributed by atoms with Crippen LogP contribution in [0.1, 0.15) is 25.3 Å². The van der Waals surface area contributed by atoms with Crippen LogP contribution in [0.25, 0.3) is 10.4 Å². The Bertz CT molecular complexity index is 541. The lowest BCUT2D eigenvalue weighted by Crippen LogP contribution is -2.33. The minimum Gasteiger partial charge on any atom is -0.302 e. The molecule has 2 nitrogen and oxygen atoms in total. The number of hydrogen-bond acceptors (Lipinski definition) is 3. The Labute approximate surface area is 138 Å². The van der Waals surface area contributed by atoms with Gasteiger partial charge in [0.05, 0.1) is 0 Å². The highest BCUT2D eigenvalue weighted by atomic mass is 32.1. The minimum atomic E-state index is 1.06. The molecule has 1 aliphatic heterocycles. The van der Waals surface area contributed by atoms with Gasteiger partial charge in [0.1, 0.15) is 0 Å². The maximum atomic E-state index is 2.60. The van der Waals surface area contributed by atoms with E-state index in [1.807, 2.05) is 0 Å². The van der Waals surface area contributed by atoms with Crippen LogP contribution in [0.5, 0.6) is 0 Å². The third kappa shape index (κ3) is 4.19. The zero-order chi connectivity index (χ0) is 15.2. The smallest absolute Gasteiger partial charge is 0.0342 e. The van der Waals surface area contributed by atoms with Crippen LogP contribution in [-0.4, -0.2) is 42.5 Å². The second-order valence-corrected chi connectivity index (χ2v) is 7.04. The second-order valence-electron chi connectivity index (χ2n) is 6.09. The van der Waals surface area contributed by atoms with Gasteiger partial charge in [-0.3, -0.25) is 4.90 Å². The first-order valence-corrected chi connectivity index (χ1v) is 9.30. The summed E-state index contributed by atoms with van der Waals surface area (Å²) in [6.07, 6.45) is 2.77. The van der Waals surface area contributed by atoms with Gasteiger partial charge in [-0.1, -0.05) is 37.3 Å². The molecule has 22 heavy (non-hydrogen) atoms. The van der Waals surface area contributed by atoms with Crippen molar-refractivity contribution in [2.45, 2.75) is 26.3 Å². The number of likely N-dealkylation sites (tertiary alicyclic amines) is 1. The van der Waals surface area contributed by atoms with Gasteiger partial charge in [-0.05, 0) is 55.0 Å². The quantitative estimate of drug-likeness (QED) is 0.750. The van der Waals surface area contributed by atoms with Crippen molar-refractivity contribution in [3.63, 3.8) is 0 Å². The van der Waals surface area contributed by atoms with Crippen LogP contribution < -0.4 is 0 Å². The highest BCUT2D eigenvalue weighted by Crippen LogP contribution is 2.24. The summed E-state index contributed by atoms with van der Waals surface area (Å²) >= 11 is 1.81. The fourth-order valence-corrected chi connectivity index (χ4v) is 3.85. The van der Waals surface area contributed by atoms with E-state index in [4.69, 9.17) is 0 Å². The molecule has 1 fully saturated rings. The van der Waals surface area contributed by atoms with E-state index >= 15 is 0 Å². The summed E-state index contributed by atoms with van der Waals surface area (Å²) in [5.74, 6) is 0. The zero-order valence-electron chi connectivity index (χ0n) is 13.5. The SMILES string of the molecule is CCN(CCN1CCCC1)Cc1ccc(-c2cccs2)cc1. The van der Waals surface area contributed by atoms with Crippen LogP contribution in [0.2, 0.25) is 0 Å². The maximum Gasteiger partial charge on any atom is 0.0342 e. The van der Waals surface area contributed by atoms with Crippen molar-refractivity contribution in [1.29, 1.82) is 0 Å². The molecule has 1 aromatic heterocycles. The molecule has 3 rings (SSSR count). The molecule has 0 radical (unpaired) electrons. The van der Waals surface area contributed by atoms with Gasteiger partial charge in [0.2, 0.25) is 0 Å². The molecular formula is C19H26N2S. The molecule has 0 aliphatic carbocycles.